The fourth-order valence-corrected chi connectivity index (χ4v) is 3.86. The first-order valence-corrected chi connectivity index (χ1v) is 9.69. The Bertz CT molecular complexity index is 1200. The predicted molar refractivity (Wildman–Crippen MR) is 111 cm³/mol. The minimum absolute atomic E-state index is 0.0168. The van der Waals surface area contributed by atoms with Crippen molar-refractivity contribution >= 4 is 27.6 Å². The molecule has 1 unspecified atom stereocenters. The predicted octanol–water partition coefficient (Wildman–Crippen LogP) is 4.43. The summed E-state index contributed by atoms with van der Waals surface area (Å²) in [5.41, 5.74) is 1.70. The molecule has 0 saturated carbocycles. The smallest absolute Gasteiger partial charge is 0.227 e. The molecule has 1 aliphatic heterocycles. The van der Waals surface area contributed by atoms with Gasteiger partial charge < -0.3 is 18.8 Å². The van der Waals surface area contributed by atoms with Crippen LogP contribution in [0.2, 0.25) is 0 Å². The summed E-state index contributed by atoms with van der Waals surface area (Å²) in [7, 11) is 1.80. The van der Waals surface area contributed by atoms with E-state index in [2.05, 4.69) is 12.1 Å². The van der Waals surface area contributed by atoms with Crippen LogP contribution in [-0.4, -0.2) is 37.1 Å². The van der Waals surface area contributed by atoms with E-state index in [0.29, 0.717) is 13.2 Å². The first kappa shape index (κ1) is 17.6. The Kier molecular flexibility index (Phi) is 4.35. The number of para-hydroxylation sites is 2. The quantitative estimate of drug-likeness (QED) is 0.520. The van der Waals surface area contributed by atoms with Crippen LogP contribution >= 0.6 is 0 Å². The second-order valence-corrected chi connectivity index (χ2v) is 7.37. The number of hydrogen-bond acceptors (Lipinski definition) is 4. The van der Waals surface area contributed by atoms with Gasteiger partial charge in [0.15, 0.2) is 17.6 Å². The Balaban J connectivity index is 1.32. The zero-order valence-electron chi connectivity index (χ0n) is 16.1. The van der Waals surface area contributed by atoms with E-state index >= 15 is 0 Å². The van der Waals surface area contributed by atoms with E-state index in [4.69, 9.17) is 13.9 Å². The van der Waals surface area contributed by atoms with Crippen LogP contribution in [0.3, 0.4) is 0 Å². The molecule has 0 bridgehead atoms. The maximum Gasteiger partial charge on any atom is 0.227 e. The van der Waals surface area contributed by atoms with E-state index in [1.54, 1.807) is 18.2 Å². The second-order valence-electron chi connectivity index (χ2n) is 7.37. The zero-order valence-corrected chi connectivity index (χ0v) is 16.1. The molecular weight excluding hydrogens is 366 g/mol. The summed E-state index contributed by atoms with van der Waals surface area (Å²) in [5.74, 6) is 1.48. The minimum Gasteiger partial charge on any atom is -0.486 e. The molecule has 0 N–H and O–H groups in total. The van der Waals surface area contributed by atoms with E-state index < -0.39 is 0 Å². The number of nitrogens with zero attached hydrogens (tertiary/aromatic N) is 1. The van der Waals surface area contributed by atoms with Crippen LogP contribution in [0.25, 0.3) is 21.7 Å². The highest BCUT2D eigenvalue weighted by Crippen LogP contribution is 2.32. The van der Waals surface area contributed by atoms with Crippen LogP contribution in [0.4, 0.5) is 0 Å². The van der Waals surface area contributed by atoms with E-state index in [0.717, 1.165) is 38.8 Å². The van der Waals surface area contributed by atoms with Crippen molar-refractivity contribution < 1.29 is 18.7 Å². The molecular formula is C24H21NO4. The highest BCUT2D eigenvalue weighted by molar-refractivity contribution is 6.08. The molecule has 0 aliphatic carbocycles. The zero-order chi connectivity index (χ0) is 19.8. The van der Waals surface area contributed by atoms with Gasteiger partial charge in [-0.1, -0.05) is 42.5 Å². The number of hydrogen-bond donors (Lipinski definition) is 0. The van der Waals surface area contributed by atoms with E-state index in [1.165, 1.54) is 0 Å². The molecule has 5 heteroatoms. The van der Waals surface area contributed by atoms with Crippen molar-refractivity contribution in [3.63, 3.8) is 0 Å². The normalized spacial score (nSPS) is 15.6. The molecule has 3 aromatic carbocycles. The van der Waals surface area contributed by atoms with Crippen molar-refractivity contribution in [3.8, 4) is 11.5 Å². The number of ether oxygens (including phenoxy) is 2. The lowest BCUT2D eigenvalue weighted by Gasteiger charge is -2.29. The molecule has 0 radical (unpaired) electrons. The number of carbonyl (C=O) groups excluding carboxylic acids is 1. The van der Waals surface area contributed by atoms with Gasteiger partial charge in [-0.2, -0.15) is 0 Å². The van der Waals surface area contributed by atoms with Gasteiger partial charge >= 0.3 is 0 Å². The van der Waals surface area contributed by atoms with Gasteiger partial charge in [0.05, 0.1) is 19.2 Å². The largest absolute Gasteiger partial charge is 0.486 e. The lowest BCUT2D eigenvalue weighted by atomic mass is 10.0. The van der Waals surface area contributed by atoms with Crippen molar-refractivity contribution in [2.75, 3.05) is 20.2 Å². The second kappa shape index (κ2) is 7.17. The molecule has 1 aliphatic rings. The van der Waals surface area contributed by atoms with Crippen LogP contribution < -0.4 is 9.47 Å². The van der Waals surface area contributed by atoms with E-state index in [1.807, 2.05) is 48.5 Å². The highest BCUT2D eigenvalue weighted by atomic mass is 16.6. The average Bonchev–Trinajstić information content (AvgIpc) is 3.17. The number of fused-ring (bicyclic) bond motifs is 4. The number of furan rings is 1. The molecule has 29 heavy (non-hydrogen) atoms. The topological polar surface area (TPSA) is 51.9 Å². The maximum atomic E-state index is 12.9. The first-order valence-electron chi connectivity index (χ1n) is 9.69. The lowest BCUT2D eigenvalue weighted by molar-refractivity contribution is -0.130. The number of carbonyl (C=O) groups is 1. The summed E-state index contributed by atoms with van der Waals surface area (Å²) in [4.78, 5) is 14.6. The van der Waals surface area contributed by atoms with Gasteiger partial charge in [0.25, 0.3) is 0 Å². The van der Waals surface area contributed by atoms with Crippen molar-refractivity contribution in [1.82, 2.24) is 4.90 Å². The molecule has 146 valence electrons. The summed E-state index contributed by atoms with van der Waals surface area (Å²) < 4.78 is 17.4. The molecule has 1 atom stereocenters. The monoisotopic (exact) mass is 387 g/mol. The number of amides is 1. The molecule has 2 heterocycles. The molecule has 5 rings (SSSR count). The minimum atomic E-state index is -0.194. The molecule has 0 fully saturated rings. The summed E-state index contributed by atoms with van der Waals surface area (Å²) in [6.07, 6.45) is 1.78. The van der Waals surface area contributed by atoms with Gasteiger partial charge in [-0.3, -0.25) is 4.79 Å². The van der Waals surface area contributed by atoms with Crippen LogP contribution in [0.1, 0.15) is 5.56 Å². The summed E-state index contributed by atoms with van der Waals surface area (Å²) in [5, 5.41) is 3.25. The van der Waals surface area contributed by atoms with Crippen molar-refractivity contribution in [1.29, 1.82) is 0 Å². The Morgan fingerprint density at radius 2 is 1.83 bits per heavy atom. The van der Waals surface area contributed by atoms with Gasteiger partial charge in [0.2, 0.25) is 5.91 Å². The standard InChI is InChI=1S/C24H21NO4/c1-25(13-18-15-28-20-8-4-5-9-21(20)29-18)23(26)12-17-14-27-22-11-10-16-6-2-3-7-19(16)24(17)22/h2-11,14,18H,12-13,15H2,1H3. The van der Waals surface area contributed by atoms with E-state index in [-0.39, 0.29) is 18.4 Å². The van der Waals surface area contributed by atoms with Crippen LogP contribution in [0.15, 0.2) is 71.3 Å². The third-order valence-corrected chi connectivity index (χ3v) is 5.35. The van der Waals surface area contributed by atoms with E-state index in [9.17, 15) is 4.79 Å². The number of benzene rings is 3. The fourth-order valence-electron chi connectivity index (χ4n) is 3.86. The Hall–Kier alpha value is -3.47. The van der Waals surface area contributed by atoms with Crippen molar-refractivity contribution in [2.24, 2.45) is 0 Å². The molecule has 1 amide bonds. The summed E-state index contributed by atoms with van der Waals surface area (Å²) in [6, 6.07) is 19.7. The molecule has 4 aromatic rings. The third-order valence-electron chi connectivity index (χ3n) is 5.35. The molecule has 0 saturated heterocycles. The number of likely N-dealkylation sites (N-methyl/N-ethyl adjacent to an activating group) is 1. The van der Waals surface area contributed by atoms with Gasteiger partial charge in [-0.25, -0.2) is 0 Å². The van der Waals surface area contributed by atoms with Gasteiger partial charge in [-0.15, -0.1) is 0 Å². The fraction of sp³-hybridized carbons (Fsp3) is 0.208. The SMILES string of the molecule is CN(CC1COc2ccccc2O1)C(=O)Cc1coc2ccc3ccccc3c12. The first-order chi connectivity index (χ1) is 14.2. The molecule has 1 aromatic heterocycles. The van der Waals surface area contributed by atoms with Gasteiger partial charge in [0.1, 0.15) is 12.2 Å². The third kappa shape index (κ3) is 3.29. The van der Waals surface area contributed by atoms with Crippen LogP contribution in [0.5, 0.6) is 11.5 Å². The summed E-state index contributed by atoms with van der Waals surface area (Å²) >= 11 is 0. The highest BCUT2D eigenvalue weighted by Gasteiger charge is 2.24. The molecule has 0 spiro atoms. The van der Waals surface area contributed by atoms with Crippen molar-refractivity contribution in [2.45, 2.75) is 12.5 Å². The summed E-state index contributed by atoms with van der Waals surface area (Å²) in [6.45, 7) is 0.887. The Morgan fingerprint density at radius 3 is 2.72 bits per heavy atom. The van der Waals surface area contributed by atoms with Crippen LogP contribution in [-0.2, 0) is 11.2 Å². The van der Waals surface area contributed by atoms with Crippen LogP contribution in [0, 0.1) is 0 Å². The van der Waals surface area contributed by atoms with Gasteiger partial charge in [0, 0.05) is 18.0 Å². The lowest BCUT2D eigenvalue weighted by Crippen LogP contribution is -2.42. The average molecular weight is 387 g/mol. The molecule has 5 nitrogen and oxygen atoms in total. The maximum absolute atomic E-state index is 12.9. The number of rotatable bonds is 4. The van der Waals surface area contributed by atoms with Crippen molar-refractivity contribution in [3.05, 3.63) is 72.5 Å². The van der Waals surface area contributed by atoms with Gasteiger partial charge in [-0.05, 0) is 29.0 Å². The Labute approximate surface area is 168 Å². The Morgan fingerprint density at radius 1 is 1.03 bits per heavy atom.